The second-order valence-corrected chi connectivity index (χ2v) is 6.87. The third-order valence-electron chi connectivity index (χ3n) is 4.81. The van der Waals surface area contributed by atoms with E-state index in [0.29, 0.717) is 31.4 Å². The van der Waals surface area contributed by atoms with Crippen molar-refractivity contribution < 1.29 is 14.0 Å². The van der Waals surface area contributed by atoms with Crippen LogP contribution in [0.4, 0.5) is 0 Å². The fourth-order valence-electron chi connectivity index (χ4n) is 3.19. The van der Waals surface area contributed by atoms with Gasteiger partial charge in [-0.05, 0) is 18.1 Å². The molecule has 1 aliphatic rings. The zero-order valence-corrected chi connectivity index (χ0v) is 15.9. The highest BCUT2D eigenvalue weighted by molar-refractivity contribution is 5.88. The van der Waals surface area contributed by atoms with Gasteiger partial charge in [-0.15, -0.1) is 10.2 Å². The SMILES string of the molecule is Cc1nnc(CN(C)C(=O)C[C@H]2C(=O)NCCN2Cc2ccccc2C)o1. The highest BCUT2D eigenvalue weighted by atomic mass is 16.4. The van der Waals surface area contributed by atoms with Crippen LogP contribution in [0.2, 0.25) is 0 Å². The monoisotopic (exact) mass is 371 g/mol. The molecule has 1 aromatic heterocycles. The number of aryl methyl sites for hydroxylation is 2. The number of hydrogen-bond acceptors (Lipinski definition) is 6. The normalized spacial score (nSPS) is 17.6. The van der Waals surface area contributed by atoms with Crippen LogP contribution in [0.5, 0.6) is 0 Å². The first kappa shape index (κ1) is 19.0. The first-order valence-corrected chi connectivity index (χ1v) is 9.03. The van der Waals surface area contributed by atoms with Gasteiger partial charge in [0.1, 0.15) is 0 Å². The maximum atomic E-state index is 12.7. The summed E-state index contributed by atoms with van der Waals surface area (Å²) in [6, 6.07) is 7.62. The Kier molecular flexibility index (Phi) is 5.85. The number of piperazine rings is 1. The third kappa shape index (κ3) is 4.71. The van der Waals surface area contributed by atoms with Crippen molar-refractivity contribution in [3.8, 4) is 0 Å². The van der Waals surface area contributed by atoms with E-state index in [9.17, 15) is 9.59 Å². The number of carbonyl (C=O) groups excluding carboxylic acids is 2. The van der Waals surface area contributed by atoms with Crippen LogP contribution < -0.4 is 5.32 Å². The van der Waals surface area contributed by atoms with E-state index in [1.807, 2.05) is 12.1 Å². The predicted octanol–water partition coefficient (Wildman–Crippen LogP) is 1.04. The highest BCUT2D eigenvalue weighted by Crippen LogP contribution is 2.17. The molecule has 0 spiro atoms. The molecule has 1 saturated heterocycles. The molecule has 2 amide bonds. The lowest BCUT2D eigenvalue weighted by molar-refractivity contribution is -0.138. The highest BCUT2D eigenvalue weighted by Gasteiger charge is 2.32. The van der Waals surface area contributed by atoms with E-state index in [1.54, 1.807) is 14.0 Å². The zero-order chi connectivity index (χ0) is 19.4. The number of carbonyl (C=O) groups is 2. The molecular weight excluding hydrogens is 346 g/mol. The molecule has 1 atom stereocenters. The largest absolute Gasteiger partial charge is 0.424 e. The van der Waals surface area contributed by atoms with Gasteiger partial charge in [-0.3, -0.25) is 14.5 Å². The van der Waals surface area contributed by atoms with Gasteiger partial charge in [-0.1, -0.05) is 24.3 Å². The molecule has 0 unspecified atom stereocenters. The summed E-state index contributed by atoms with van der Waals surface area (Å²) in [6.45, 7) is 5.93. The summed E-state index contributed by atoms with van der Waals surface area (Å²) >= 11 is 0. The number of hydrogen-bond donors (Lipinski definition) is 1. The average Bonchev–Trinajstić information content (AvgIpc) is 3.04. The van der Waals surface area contributed by atoms with E-state index in [4.69, 9.17) is 4.42 Å². The van der Waals surface area contributed by atoms with Crippen molar-refractivity contribution in [2.45, 2.75) is 39.4 Å². The zero-order valence-electron chi connectivity index (χ0n) is 15.9. The van der Waals surface area contributed by atoms with Crippen molar-refractivity contribution >= 4 is 11.8 Å². The van der Waals surface area contributed by atoms with Gasteiger partial charge in [0.25, 0.3) is 0 Å². The van der Waals surface area contributed by atoms with Crippen LogP contribution in [0.1, 0.15) is 29.3 Å². The Hall–Kier alpha value is -2.74. The van der Waals surface area contributed by atoms with Crippen LogP contribution in [0, 0.1) is 13.8 Å². The van der Waals surface area contributed by atoms with Gasteiger partial charge in [0, 0.05) is 33.6 Å². The molecule has 2 heterocycles. The van der Waals surface area contributed by atoms with Gasteiger partial charge in [-0.2, -0.15) is 0 Å². The molecule has 0 bridgehead atoms. The average molecular weight is 371 g/mol. The molecule has 2 aromatic rings. The van der Waals surface area contributed by atoms with Crippen LogP contribution in [0.25, 0.3) is 0 Å². The fraction of sp³-hybridized carbons (Fsp3) is 0.474. The van der Waals surface area contributed by atoms with Crippen LogP contribution in [0.15, 0.2) is 28.7 Å². The second kappa shape index (κ2) is 8.30. The van der Waals surface area contributed by atoms with Crippen molar-refractivity contribution in [2.75, 3.05) is 20.1 Å². The molecule has 0 saturated carbocycles. The third-order valence-corrected chi connectivity index (χ3v) is 4.81. The molecule has 1 fully saturated rings. The first-order valence-electron chi connectivity index (χ1n) is 9.03. The number of rotatable bonds is 6. The second-order valence-electron chi connectivity index (χ2n) is 6.87. The van der Waals surface area contributed by atoms with Gasteiger partial charge in [-0.25, -0.2) is 0 Å². The first-order chi connectivity index (χ1) is 12.9. The molecule has 8 heteroatoms. The molecule has 144 valence electrons. The number of amides is 2. The van der Waals surface area contributed by atoms with E-state index >= 15 is 0 Å². The molecular formula is C19H25N5O3. The summed E-state index contributed by atoms with van der Waals surface area (Å²) in [6.07, 6.45) is 0.112. The number of benzene rings is 1. The van der Waals surface area contributed by atoms with E-state index < -0.39 is 6.04 Å². The van der Waals surface area contributed by atoms with Gasteiger partial charge in [0.05, 0.1) is 19.0 Å². The number of nitrogens with zero attached hydrogens (tertiary/aromatic N) is 4. The van der Waals surface area contributed by atoms with Crippen molar-refractivity contribution in [2.24, 2.45) is 0 Å². The lowest BCUT2D eigenvalue weighted by Crippen LogP contribution is -2.56. The Labute approximate surface area is 158 Å². The predicted molar refractivity (Wildman–Crippen MR) is 98.5 cm³/mol. The standard InChI is InChI=1S/C19H25N5O3/c1-13-6-4-5-7-15(13)11-24-9-8-20-19(26)16(24)10-18(25)23(3)12-17-22-21-14(2)27-17/h4-7,16H,8-12H2,1-3H3,(H,20,26)/t16-/m0/s1. The van der Waals surface area contributed by atoms with Crippen molar-refractivity contribution in [1.29, 1.82) is 0 Å². The maximum Gasteiger partial charge on any atom is 0.237 e. The lowest BCUT2D eigenvalue weighted by atomic mass is 10.0. The Bertz CT molecular complexity index is 819. The Morgan fingerprint density at radius 3 is 2.81 bits per heavy atom. The topological polar surface area (TPSA) is 91.6 Å². The fourth-order valence-corrected chi connectivity index (χ4v) is 3.19. The minimum Gasteiger partial charge on any atom is -0.424 e. The minimum atomic E-state index is -0.488. The molecule has 0 aliphatic carbocycles. The van der Waals surface area contributed by atoms with Gasteiger partial charge < -0.3 is 14.6 Å². The van der Waals surface area contributed by atoms with Crippen LogP contribution in [-0.2, 0) is 22.7 Å². The van der Waals surface area contributed by atoms with Gasteiger partial charge in [0.2, 0.25) is 23.6 Å². The summed E-state index contributed by atoms with van der Waals surface area (Å²) in [7, 11) is 1.67. The minimum absolute atomic E-state index is 0.106. The quantitative estimate of drug-likeness (QED) is 0.816. The van der Waals surface area contributed by atoms with Gasteiger partial charge >= 0.3 is 0 Å². The summed E-state index contributed by atoms with van der Waals surface area (Å²) in [5.74, 6) is 0.600. The van der Waals surface area contributed by atoms with Crippen molar-refractivity contribution in [3.05, 3.63) is 47.2 Å². The summed E-state index contributed by atoms with van der Waals surface area (Å²) < 4.78 is 5.32. The maximum absolute atomic E-state index is 12.7. The molecule has 1 N–H and O–H groups in total. The molecule has 8 nitrogen and oxygen atoms in total. The summed E-state index contributed by atoms with van der Waals surface area (Å²) in [5.41, 5.74) is 2.34. The van der Waals surface area contributed by atoms with E-state index in [2.05, 4.69) is 39.5 Å². The van der Waals surface area contributed by atoms with E-state index in [1.165, 1.54) is 16.0 Å². The number of aromatic nitrogens is 2. The summed E-state index contributed by atoms with van der Waals surface area (Å²) in [4.78, 5) is 28.7. The molecule has 0 radical (unpaired) electrons. The molecule has 27 heavy (non-hydrogen) atoms. The van der Waals surface area contributed by atoms with Crippen LogP contribution in [-0.4, -0.2) is 58.0 Å². The van der Waals surface area contributed by atoms with Crippen molar-refractivity contribution in [3.63, 3.8) is 0 Å². The Morgan fingerprint density at radius 2 is 2.11 bits per heavy atom. The Balaban J connectivity index is 1.66. The van der Waals surface area contributed by atoms with Crippen LogP contribution in [0.3, 0.4) is 0 Å². The summed E-state index contributed by atoms with van der Waals surface area (Å²) in [5, 5.41) is 10.5. The van der Waals surface area contributed by atoms with E-state index in [-0.39, 0.29) is 24.8 Å². The molecule has 1 aromatic carbocycles. The Morgan fingerprint density at radius 1 is 1.33 bits per heavy atom. The van der Waals surface area contributed by atoms with E-state index in [0.717, 1.165) is 0 Å². The van der Waals surface area contributed by atoms with Gasteiger partial charge in [0.15, 0.2) is 0 Å². The van der Waals surface area contributed by atoms with Crippen LogP contribution >= 0.6 is 0 Å². The molecule has 3 rings (SSSR count). The molecule has 1 aliphatic heterocycles. The number of nitrogens with one attached hydrogen (secondary N) is 1. The van der Waals surface area contributed by atoms with Crippen molar-refractivity contribution in [1.82, 2.24) is 25.3 Å². The smallest absolute Gasteiger partial charge is 0.237 e. The lowest BCUT2D eigenvalue weighted by Gasteiger charge is -2.35.